The highest BCUT2D eigenvalue weighted by atomic mass is 32.2. The molecule has 8 nitrogen and oxygen atoms in total. The van der Waals surface area contributed by atoms with Gasteiger partial charge in [-0.3, -0.25) is 19.4 Å². The first-order valence-corrected chi connectivity index (χ1v) is 10.9. The number of nitrogens with one attached hydrogen (secondary N) is 1. The maximum absolute atomic E-state index is 12.3. The Morgan fingerprint density at radius 2 is 1.72 bits per heavy atom. The third kappa shape index (κ3) is 6.27. The molecule has 0 saturated heterocycles. The number of nitrogens with zero attached hydrogens (tertiary/aromatic N) is 3. The highest BCUT2D eigenvalue weighted by Crippen LogP contribution is 2.19. The third-order valence-electron chi connectivity index (χ3n) is 4.67. The summed E-state index contributed by atoms with van der Waals surface area (Å²) in [5.41, 5.74) is 4.12. The van der Waals surface area contributed by atoms with Gasteiger partial charge in [0, 0.05) is 12.7 Å². The molecule has 0 aliphatic rings. The van der Waals surface area contributed by atoms with Gasteiger partial charge in [-0.25, -0.2) is 4.98 Å². The van der Waals surface area contributed by atoms with Gasteiger partial charge in [0.15, 0.2) is 6.61 Å². The molecule has 2 aromatic carbocycles. The average molecular weight is 453 g/mol. The lowest BCUT2D eigenvalue weighted by Crippen LogP contribution is -2.37. The molecule has 9 heteroatoms. The van der Waals surface area contributed by atoms with Crippen molar-refractivity contribution in [2.24, 2.45) is 0 Å². The zero-order chi connectivity index (χ0) is 23.1. The summed E-state index contributed by atoms with van der Waals surface area (Å²) in [6.45, 7) is 3.22. The Morgan fingerprint density at radius 1 is 1.03 bits per heavy atom. The van der Waals surface area contributed by atoms with Crippen molar-refractivity contribution >= 4 is 46.3 Å². The fourth-order valence-electron chi connectivity index (χ4n) is 2.93. The zero-order valence-electron chi connectivity index (χ0n) is 18.1. The minimum absolute atomic E-state index is 0.00292. The molecule has 1 heterocycles. The Bertz CT molecular complexity index is 1130. The van der Waals surface area contributed by atoms with Crippen LogP contribution in [0.5, 0.6) is 0 Å². The number of esters is 1. The number of hydrogen-bond donors (Lipinski definition) is 1. The molecule has 0 bridgehead atoms. The summed E-state index contributed by atoms with van der Waals surface area (Å²) in [4.78, 5) is 46.5. The lowest BCUT2D eigenvalue weighted by Gasteiger charge is -2.18. The number of fused-ring (bicyclic) bond motifs is 1. The van der Waals surface area contributed by atoms with Crippen LogP contribution in [-0.2, 0) is 19.1 Å². The highest BCUT2D eigenvalue weighted by molar-refractivity contribution is 7.99. The summed E-state index contributed by atoms with van der Waals surface area (Å²) in [6.07, 6.45) is 1.59. The van der Waals surface area contributed by atoms with Crippen LogP contribution in [0.3, 0.4) is 0 Å². The van der Waals surface area contributed by atoms with E-state index in [0.717, 1.165) is 27.8 Å². The Kier molecular flexibility index (Phi) is 7.77. The van der Waals surface area contributed by atoms with Crippen molar-refractivity contribution in [1.29, 1.82) is 0 Å². The van der Waals surface area contributed by atoms with E-state index in [2.05, 4.69) is 15.3 Å². The van der Waals surface area contributed by atoms with Crippen molar-refractivity contribution in [2.45, 2.75) is 18.9 Å². The number of thioether (sulfide) groups is 1. The average Bonchev–Trinajstić information content (AvgIpc) is 2.78. The van der Waals surface area contributed by atoms with Gasteiger partial charge in [0.2, 0.25) is 5.91 Å². The van der Waals surface area contributed by atoms with Crippen LogP contribution in [0.2, 0.25) is 0 Å². The summed E-state index contributed by atoms with van der Waals surface area (Å²) in [7, 11) is 1.49. The van der Waals surface area contributed by atoms with Gasteiger partial charge in [0.1, 0.15) is 5.03 Å². The number of hydrogen-bond acceptors (Lipinski definition) is 7. The first-order valence-electron chi connectivity index (χ1n) is 9.93. The number of aryl methyl sites for hydroxylation is 2. The zero-order valence-corrected chi connectivity index (χ0v) is 18.9. The molecule has 3 aromatic rings. The lowest BCUT2D eigenvalue weighted by molar-refractivity contribution is -0.149. The van der Waals surface area contributed by atoms with E-state index in [1.807, 2.05) is 56.3 Å². The fourth-order valence-corrected chi connectivity index (χ4v) is 3.57. The van der Waals surface area contributed by atoms with Crippen LogP contribution in [0.1, 0.15) is 11.1 Å². The number of amides is 2. The van der Waals surface area contributed by atoms with Crippen molar-refractivity contribution in [2.75, 3.05) is 31.3 Å². The molecular formula is C23H24N4O4S. The lowest BCUT2D eigenvalue weighted by atomic mass is 10.1. The largest absolute Gasteiger partial charge is 0.455 e. The smallest absolute Gasteiger partial charge is 0.316 e. The molecule has 2 amide bonds. The van der Waals surface area contributed by atoms with Gasteiger partial charge in [0.25, 0.3) is 5.91 Å². The predicted octanol–water partition coefficient (Wildman–Crippen LogP) is 2.98. The summed E-state index contributed by atoms with van der Waals surface area (Å²) in [6, 6.07) is 13.2. The topological polar surface area (TPSA) is 101 Å². The monoisotopic (exact) mass is 452 g/mol. The number of para-hydroxylation sites is 3. The highest BCUT2D eigenvalue weighted by Gasteiger charge is 2.16. The first-order chi connectivity index (χ1) is 15.3. The number of aromatic nitrogens is 2. The van der Waals surface area contributed by atoms with Gasteiger partial charge >= 0.3 is 5.97 Å². The first kappa shape index (κ1) is 23.2. The molecule has 0 atom stereocenters. The van der Waals surface area contributed by atoms with E-state index in [0.29, 0.717) is 5.03 Å². The van der Waals surface area contributed by atoms with Gasteiger partial charge < -0.3 is 15.0 Å². The molecule has 1 aromatic heterocycles. The Hall–Kier alpha value is -3.46. The molecule has 0 radical (unpaired) electrons. The molecule has 0 aliphatic heterocycles. The molecule has 32 heavy (non-hydrogen) atoms. The van der Waals surface area contributed by atoms with Crippen molar-refractivity contribution < 1.29 is 19.1 Å². The summed E-state index contributed by atoms with van der Waals surface area (Å²) in [5.74, 6) is -1.34. The standard InChI is InChI=1S/C23H24N4O4S/c1-15-7-6-8-16(2)23(15)26-19(28)12-27(3)21(29)13-31-22(30)14-32-20-11-24-17-9-4-5-10-18(17)25-20/h4-11H,12-14H2,1-3H3,(H,26,28). The fraction of sp³-hybridized carbons (Fsp3) is 0.261. The Labute approximate surface area is 190 Å². The molecule has 3 rings (SSSR count). The van der Waals surface area contributed by atoms with Crippen LogP contribution in [0.4, 0.5) is 5.69 Å². The normalized spacial score (nSPS) is 10.6. The second-order valence-electron chi connectivity index (χ2n) is 7.21. The number of anilines is 1. The Balaban J connectivity index is 1.42. The van der Waals surface area contributed by atoms with Gasteiger partial charge in [0.05, 0.1) is 29.5 Å². The molecule has 0 saturated carbocycles. The van der Waals surface area contributed by atoms with Crippen LogP contribution in [0.15, 0.2) is 53.7 Å². The maximum Gasteiger partial charge on any atom is 0.316 e. The van der Waals surface area contributed by atoms with E-state index in [1.165, 1.54) is 23.7 Å². The van der Waals surface area contributed by atoms with Crippen LogP contribution in [0, 0.1) is 13.8 Å². The van der Waals surface area contributed by atoms with E-state index >= 15 is 0 Å². The van der Waals surface area contributed by atoms with Gasteiger partial charge in [-0.15, -0.1) is 0 Å². The van der Waals surface area contributed by atoms with Gasteiger partial charge in [-0.05, 0) is 37.1 Å². The van der Waals surface area contributed by atoms with Crippen LogP contribution in [0.25, 0.3) is 11.0 Å². The molecule has 166 valence electrons. The molecule has 0 spiro atoms. The minimum atomic E-state index is -0.549. The number of rotatable bonds is 8. The third-order valence-corrected chi connectivity index (χ3v) is 5.55. The summed E-state index contributed by atoms with van der Waals surface area (Å²) >= 11 is 1.18. The second-order valence-corrected chi connectivity index (χ2v) is 8.21. The van der Waals surface area contributed by atoms with E-state index in [-0.39, 0.29) is 18.2 Å². The Morgan fingerprint density at radius 3 is 2.44 bits per heavy atom. The van der Waals surface area contributed by atoms with Crippen molar-refractivity contribution in [3.05, 3.63) is 59.8 Å². The van der Waals surface area contributed by atoms with Crippen LogP contribution in [-0.4, -0.2) is 58.6 Å². The van der Waals surface area contributed by atoms with Crippen LogP contribution >= 0.6 is 11.8 Å². The second kappa shape index (κ2) is 10.7. The van der Waals surface area contributed by atoms with Gasteiger partial charge in [-0.2, -0.15) is 0 Å². The molecule has 0 aliphatic carbocycles. The molecule has 0 unspecified atom stereocenters. The van der Waals surface area contributed by atoms with Crippen molar-refractivity contribution in [1.82, 2.24) is 14.9 Å². The van der Waals surface area contributed by atoms with E-state index in [9.17, 15) is 14.4 Å². The number of carbonyl (C=O) groups is 3. The number of benzene rings is 2. The van der Waals surface area contributed by atoms with E-state index in [4.69, 9.17) is 4.74 Å². The number of likely N-dealkylation sites (N-methyl/N-ethyl adjacent to an activating group) is 1. The molecule has 1 N–H and O–H groups in total. The predicted molar refractivity (Wildman–Crippen MR) is 123 cm³/mol. The van der Waals surface area contributed by atoms with Crippen molar-refractivity contribution in [3.8, 4) is 0 Å². The molecule has 0 fully saturated rings. The number of ether oxygens (including phenoxy) is 1. The van der Waals surface area contributed by atoms with Crippen LogP contribution < -0.4 is 5.32 Å². The molecular weight excluding hydrogens is 428 g/mol. The van der Waals surface area contributed by atoms with E-state index in [1.54, 1.807) is 6.20 Å². The summed E-state index contributed by atoms with van der Waals surface area (Å²) in [5, 5.41) is 3.41. The summed E-state index contributed by atoms with van der Waals surface area (Å²) < 4.78 is 5.04. The van der Waals surface area contributed by atoms with E-state index < -0.39 is 18.5 Å². The van der Waals surface area contributed by atoms with Gasteiger partial charge in [-0.1, -0.05) is 42.1 Å². The van der Waals surface area contributed by atoms with Crippen molar-refractivity contribution in [3.63, 3.8) is 0 Å². The quantitative estimate of drug-likeness (QED) is 0.414. The minimum Gasteiger partial charge on any atom is -0.455 e. The number of carbonyl (C=O) groups excluding carboxylic acids is 3. The maximum atomic E-state index is 12.3. The SMILES string of the molecule is Cc1cccc(C)c1NC(=O)CN(C)C(=O)COC(=O)CSc1cnc2ccccc2n1.